The van der Waals surface area contributed by atoms with Crippen molar-refractivity contribution in [2.45, 2.75) is 18.4 Å². The summed E-state index contributed by atoms with van der Waals surface area (Å²) in [6.07, 6.45) is 1.91. The summed E-state index contributed by atoms with van der Waals surface area (Å²) in [7, 11) is 0. The lowest BCUT2D eigenvalue weighted by atomic mass is 10.0. The molecule has 1 fully saturated rings. The minimum absolute atomic E-state index is 0.153. The highest BCUT2D eigenvalue weighted by Gasteiger charge is 2.43. The van der Waals surface area contributed by atoms with E-state index in [9.17, 15) is 0 Å². The summed E-state index contributed by atoms with van der Waals surface area (Å²) in [4.78, 5) is 0. The number of benzene rings is 1. The van der Waals surface area contributed by atoms with Crippen LogP contribution in [0.4, 0.5) is 0 Å². The molecule has 1 aliphatic rings. The van der Waals surface area contributed by atoms with Gasteiger partial charge in [-0.2, -0.15) is 0 Å². The van der Waals surface area contributed by atoms with Crippen molar-refractivity contribution in [2.75, 3.05) is 13.2 Å². The molecule has 70 valence electrons. The van der Waals surface area contributed by atoms with Crippen molar-refractivity contribution >= 4 is 0 Å². The zero-order valence-corrected chi connectivity index (χ0v) is 7.57. The van der Waals surface area contributed by atoms with E-state index in [2.05, 4.69) is 12.1 Å². The molecular weight excluding hydrogens is 164 g/mol. The van der Waals surface area contributed by atoms with Gasteiger partial charge in [0.25, 0.3) is 0 Å². The fraction of sp³-hybridized carbons (Fsp3) is 0.455. The minimum atomic E-state index is -0.199. The first-order chi connectivity index (χ1) is 6.35. The van der Waals surface area contributed by atoms with Crippen LogP contribution in [0, 0.1) is 0 Å². The fourth-order valence-corrected chi connectivity index (χ4v) is 1.43. The molecule has 2 rings (SSSR count). The quantitative estimate of drug-likeness (QED) is 0.706. The standard InChI is InChI=1S/C11H14O2/c12-8-11(9-13-11)7-6-10-4-2-1-3-5-10/h1-5,12H,6-9H2/t11-/m0/s1. The van der Waals surface area contributed by atoms with Gasteiger partial charge in [-0.3, -0.25) is 0 Å². The normalized spacial score (nSPS) is 25.9. The topological polar surface area (TPSA) is 32.8 Å². The molecule has 2 nitrogen and oxygen atoms in total. The summed E-state index contributed by atoms with van der Waals surface area (Å²) in [5.74, 6) is 0. The van der Waals surface area contributed by atoms with Gasteiger partial charge in [0, 0.05) is 0 Å². The van der Waals surface area contributed by atoms with E-state index in [1.54, 1.807) is 0 Å². The minimum Gasteiger partial charge on any atom is -0.393 e. The molecular formula is C11H14O2. The number of aliphatic hydroxyl groups is 1. The monoisotopic (exact) mass is 178 g/mol. The first-order valence-electron chi connectivity index (χ1n) is 4.63. The van der Waals surface area contributed by atoms with Gasteiger partial charge in [-0.25, -0.2) is 0 Å². The maximum absolute atomic E-state index is 9.01. The van der Waals surface area contributed by atoms with Crippen LogP contribution in [0.2, 0.25) is 0 Å². The van der Waals surface area contributed by atoms with Crippen molar-refractivity contribution in [1.29, 1.82) is 0 Å². The molecule has 0 aliphatic carbocycles. The molecule has 1 N–H and O–H groups in total. The highest BCUT2D eigenvalue weighted by atomic mass is 16.6. The highest BCUT2D eigenvalue weighted by molar-refractivity contribution is 5.15. The maximum Gasteiger partial charge on any atom is 0.115 e. The lowest BCUT2D eigenvalue weighted by Gasteiger charge is -2.07. The van der Waals surface area contributed by atoms with Crippen LogP contribution in [0.15, 0.2) is 30.3 Å². The van der Waals surface area contributed by atoms with Gasteiger partial charge in [0.15, 0.2) is 0 Å². The van der Waals surface area contributed by atoms with Crippen molar-refractivity contribution in [1.82, 2.24) is 0 Å². The summed E-state index contributed by atoms with van der Waals surface area (Å²) in [5.41, 5.74) is 1.11. The van der Waals surface area contributed by atoms with E-state index in [-0.39, 0.29) is 12.2 Å². The van der Waals surface area contributed by atoms with E-state index in [4.69, 9.17) is 9.84 Å². The number of rotatable bonds is 4. The van der Waals surface area contributed by atoms with Crippen LogP contribution < -0.4 is 0 Å². The van der Waals surface area contributed by atoms with Crippen molar-refractivity contribution < 1.29 is 9.84 Å². The van der Waals surface area contributed by atoms with Gasteiger partial charge in [-0.1, -0.05) is 30.3 Å². The van der Waals surface area contributed by atoms with Crippen LogP contribution in [0.25, 0.3) is 0 Å². The second-order valence-corrected chi connectivity index (χ2v) is 3.62. The van der Waals surface area contributed by atoms with Crippen molar-refractivity contribution in [3.05, 3.63) is 35.9 Å². The molecule has 1 atom stereocenters. The van der Waals surface area contributed by atoms with E-state index < -0.39 is 0 Å². The second kappa shape index (κ2) is 3.48. The van der Waals surface area contributed by atoms with Crippen LogP contribution >= 0.6 is 0 Å². The van der Waals surface area contributed by atoms with Crippen LogP contribution in [-0.4, -0.2) is 23.9 Å². The molecule has 0 spiro atoms. The van der Waals surface area contributed by atoms with E-state index in [0.29, 0.717) is 0 Å². The van der Waals surface area contributed by atoms with Gasteiger partial charge in [-0.05, 0) is 18.4 Å². The lowest BCUT2D eigenvalue weighted by molar-refractivity contribution is 0.164. The van der Waals surface area contributed by atoms with Gasteiger partial charge in [0.2, 0.25) is 0 Å². The Morgan fingerprint density at radius 3 is 2.54 bits per heavy atom. The molecule has 1 heterocycles. The van der Waals surface area contributed by atoms with Crippen LogP contribution in [0.1, 0.15) is 12.0 Å². The van der Waals surface area contributed by atoms with Crippen LogP contribution in [0.3, 0.4) is 0 Å². The molecule has 0 amide bonds. The number of hydrogen-bond donors (Lipinski definition) is 1. The van der Waals surface area contributed by atoms with Crippen LogP contribution in [-0.2, 0) is 11.2 Å². The van der Waals surface area contributed by atoms with E-state index in [1.807, 2.05) is 18.2 Å². The second-order valence-electron chi connectivity index (χ2n) is 3.62. The summed E-state index contributed by atoms with van der Waals surface area (Å²) in [6.45, 7) is 0.871. The predicted octanol–water partition coefficient (Wildman–Crippen LogP) is 1.38. The molecule has 1 aromatic carbocycles. The molecule has 0 bridgehead atoms. The van der Waals surface area contributed by atoms with Crippen molar-refractivity contribution in [2.24, 2.45) is 0 Å². The van der Waals surface area contributed by atoms with Crippen molar-refractivity contribution in [3.63, 3.8) is 0 Å². The molecule has 0 saturated carbocycles. The third kappa shape index (κ3) is 2.08. The summed E-state index contributed by atoms with van der Waals surface area (Å²) in [6, 6.07) is 10.3. The SMILES string of the molecule is OC[C@@]1(CCc2ccccc2)CO1. The molecule has 1 aliphatic heterocycles. The Balaban J connectivity index is 1.86. The molecule has 13 heavy (non-hydrogen) atoms. The summed E-state index contributed by atoms with van der Waals surface area (Å²) < 4.78 is 5.22. The molecule has 1 saturated heterocycles. The van der Waals surface area contributed by atoms with Gasteiger partial charge >= 0.3 is 0 Å². The Kier molecular flexibility index (Phi) is 2.34. The Morgan fingerprint density at radius 2 is 2.00 bits per heavy atom. The van der Waals surface area contributed by atoms with Crippen molar-refractivity contribution in [3.8, 4) is 0 Å². The average Bonchev–Trinajstić information content (AvgIpc) is 2.97. The lowest BCUT2D eigenvalue weighted by Crippen LogP contribution is -2.17. The van der Waals surface area contributed by atoms with Crippen LogP contribution in [0.5, 0.6) is 0 Å². The fourth-order valence-electron chi connectivity index (χ4n) is 1.43. The first-order valence-corrected chi connectivity index (χ1v) is 4.63. The van der Waals surface area contributed by atoms with Gasteiger partial charge < -0.3 is 9.84 Å². The number of ether oxygens (including phenoxy) is 1. The largest absolute Gasteiger partial charge is 0.393 e. The smallest absolute Gasteiger partial charge is 0.115 e. The Bertz CT molecular complexity index is 265. The average molecular weight is 178 g/mol. The third-order valence-electron chi connectivity index (χ3n) is 2.55. The van der Waals surface area contributed by atoms with E-state index in [0.717, 1.165) is 19.4 Å². The number of hydrogen-bond acceptors (Lipinski definition) is 2. The summed E-state index contributed by atoms with van der Waals surface area (Å²) >= 11 is 0. The van der Waals surface area contributed by atoms with E-state index >= 15 is 0 Å². The molecule has 2 heteroatoms. The molecule has 0 aromatic heterocycles. The number of aryl methyl sites for hydroxylation is 1. The van der Waals surface area contributed by atoms with Gasteiger partial charge in [0.1, 0.15) is 5.60 Å². The number of epoxide rings is 1. The molecule has 1 aromatic rings. The zero-order chi connectivity index (χ0) is 9.15. The Labute approximate surface area is 78.2 Å². The Hall–Kier alpha value is -0.860. The molecule has 0 unspecified atom stereocenters. The third-order valence-corrected chi connectivity index (χ3v) is 2.55. The Morgan fingerprint density at radius 1 is 1.31 bits per heavy atom. The maximum atomic E-state index is 9.01. The zero-order valence-electron chi connectivity index (χ0n) is 7.57. The molecule has 0 radical (unpaired) electrons. The highest BCUT2D eigenvalue weighted by Crippen LogP contribution is 2.31. The predicted molar refractivity (Wildman–Crippen MR) is 50.5 cm³/mol. The summed E-state index contributed by atoms with van der Waals surface area (Å²) in [5, 5.41) is 9.01. The van der Waals surface area contributed by atoms with Gasteiger partial charge in [0.05, 0.1) is 13.2 Å². The first kappa shape index (κ1) is 8.73. The van der Waals surface area contributed by atoms with E-state index in [1.165, 1.54) is 5.56 Å². The van der Waals surface area contributed by atoms with Gasteiger partial charge in [-0.15, -0.1) is 0 Å². The number of aliphatic hydroxyl groups excluding tert-OH is 1.